The van der Waals surface area contributed by atoms with Gasteiger partial charge in [0.1, 0.15) is 5.82 Å². The Kier molecular flexibility index (Phi) is 3.88. The lowest BCUT2D eigenvalue weighted by Crippen LogP contribution is -2.15. The standard InChI is InChI=1S/C9H18N4O/c1-5-14-9-12-11-8(6-10-4)13(9)7(2)3/h7,10H,5-6H2,1-4H3. The highest BCUT2D eigenvalue weighted by Crippen LogP contribution is 2.17. The van der Waals surface area contributed by atoms with Crippen LogP contribution in [0.4, 0.5) is 0 Å². The summed E-state index contributed by atoms with van der Waals surface area (Å²) in [6.45, 7) is 7.44. The molecule has 0 aliphatic rings. The zero-order valence-electron chi connectivity index (χ0n) is 9.24. The van der Waals surface area contributed by atoms with Gasteiger partial charge >= 0.3 is 6.01 Å². The third-order valence-corrected chi connectivity index (χ3v) is 1.86. The van der Waals surface area contributed by atoms with Gasteiger partial charge in [-0.15, -0.1) is 5.10 Å². The predicted molar refractivity (Wildman–Crippen MR) is 54.3 cm³/mol. The predicted octanol–water partition coefficient (Wildman–Crippen LogP) is 0.977. The first kappa shape index (κ1) is 11.0. The molecule has 80 valence electrons. The van der Waals surface area contributed by atoms with Crippen molar-refractivity contribution in [2.75, 3.05) is 13.7 Å². The van der Waals surface area contributed by atoms with Crippen LogP contribution in [-0.4, -0.2) is 28.4 Å². The third-order valence-electron chi connectivity index (χ3n) is 1.86. The van der Waals surface area contributed by atoms with Crippen molar-refractivity contribution in [3.63, 3.8) is 0 Å². The van der Waals surface area contributed by atoms with Crippen LogP contribution in [0.3, 0.4) is 0 Å². The van der Waals surface area contributed by atoms with Crippen molar-refractivity contribution in [2.24, 2.45) is 0 Å². The quantitative estimate of drug-likeness (QED) is 0.766. The maximum absolute atomic E-state index is 5.39. The second kappa shape index (κ2) is 4.95. The number of hydrogen-bond donors (Lipinski definition) is 1. The van der Waals surface area contributed by atoms with Gasteiger partial charge in [0.25, 0.3) is 0 Å². The topological polar surface area (TPSA) is 52.0 Å². The first-order valence-corrected chi connectivity index (χ1v) is 4.91. The van der Waals surface area contributed by atoms with Crippen LogP contribution in [0.5, 0.6) is 6.01 Å². The molecule has 0 aliphatic heterocycles. The normalized spacial score (nSPS) is 10.9. The highest BCUT2D eigenvalue weighted by molar-refractivity contribution is 5.02. The molecule has 1 rings (SSSR count). The Morgan fingerprint density at radius 2 is 2.14 bits per heavy atom. The Morgan fingerprint density at radius 1 is 1.43 bits per heavy atom. The average Bonchev–Trinajstić information content (AvgIpc) is 2.49. The summed E-state index contributed by atoms with van der Waals surface area (Å²) in [5.41, 5.74) is 0. The van der Waals surface area contributed by atoms with Gasteiger partial charge in [-0.1, -0.05) is 5.10 Å². The minimum atomic E-state index is 0.315. The smallest absolute Gasteiger partial charge is 0.317 e. The zero-order chi connectivity index (χ0) is 10.6. The van der Waals surface area contributed by atoms with Gasteiger partial charge in [-0.05, 0) is 27.8 Å². The number of aromatic nitrogens is 3. The Bertz CT molecular complexity index is 259. The summed E-state index contributed by atoms with van der Waals surface area (Å²) < 4.78 is 7.39. The largest absolute Gasteiger partial charge is 0.464 e. The van der Waals surface area contributed by atoms with E-state index in [1.54, 1.807) is 0 Å². The van der Waals surface area contributed by atoms with Crippen LogP contribution in [0, 0.1) is 0 Å². The molecule has 0 aromatic carbocycles. The van der Waals surface area contributed by atoms with Gasteiger partial charge in [0.05, 0.1) is 13.2 Å². The van der Waals surface area contributed by atoms with E-state index in [0.717, 1.165) is 5.82 Å². The van der Waals surface area contributed by atoms with Crippen LogP contribution in [0.25, 0.3) is 0 Å². The van der Waals surface area contributed by atoms with Crippen molar-refractivity contribution in [3.8, 4) is 6.01 Å². The fraction of sp³-hybridized carbons (Fsp3) is 0.778. The molecular formula is C9H18N4O. The van der Waals surface area contributed by atoms with E-state index in [2.05, 4.69) is 29.4 Å². The van der Waals surface area contributed by atoms with Crippen LogP contribution in [-0.2, 0) is 6.54 Å². The molecule has 1 N–H and O–H groups in total. The van der Waals surface area contributed by atoms with E-state index in [0.29, 0.717) is 25.2 Å². The minimum absolute atomic E-state index is 0.315. The molecule has 0 unspecified atom stereocenters. The van der Waals surface area contributed by atoms with E-state index in [4.69, 9.17) is 4.74 Å². The third kappa shape index (κ3) is 2.23. The highest BCUT2D eigenvalue weighted by atomic mass is 16.5. The lowest BCUT2D eigenvalue weighted by molar-refractivity contribution is 0.287. The molecule has 0 saturated heterocycles. The summed E-state index contributed by atoms with van der Waals surface area (Å²) >= 11 is 0. The summed E-state index contributed by atoms with van der Waals surface area (Å²) in [6, 6.07) is 0.919. The van der Waals surface area contributed by atoms with Crippen LogP contribution < -0.4 is 10.1 Å². The maximum Gasteiger partial charge on any atom is 0.317 e. The van der Waals surface area contributed by atoms with E-state index in [1.165, 1.54) is 0 Å². The Labute approximate surface area is 84.5 Å². The van der Waals surface area contributed by atoms with Gasteiger partial charge in [-0.2, -0.15) is 0 Å². The molecule has 5 nitrogen and oxygen atoms in total. The molecular weight excluding hydrogens is 180 g/mol. The van der Waals surface area contributed by atoms with E-state index in [-0.39, 0.29) is 0 Å². The summed E-state index contributed by atoms with van der Waals surface area (Å²) in [6.07, 6.45) is 0. The number of rotatable bonds is 5. The molecule has 0 aliphatic carbocycles. The highest BCUT2D eigenvalue weighted by Gasteiger charge is 2.14. The van der Waals surface area contributed by atoms with Crippen molar-refractivity contribution in [1.82, 2.24) is 20.1 Å². The van der Waals surface area contributed by atoms with Gasteiger partial charge in [0.15, 0.2) is 0 Å². The first-order valence-electron chi connectivity index (χ1n) is 4.91. The van der Waals surface area contributed by atoms with E-state index in [9.17, 15) is 0 Å². The van der Waals surface area contributed by atoms with E-state index >= 15 is 0 Å². The number of ether oxygens (including phenoxy) is 1. The molecule has 5 heteroatoms. The number of nitrogens with zero attached hydrogens (tertiary/aromatic N) is 3. The van der Waals surface area contributed by atoms with Crippen LogP contribution in [0.1, 0.15) is 32.6 Å². The average molecular weight is 198 g/mol. The van der Waals surface area contributed by atoms with Gasteiger partial charge in [-0.3, -0.25) is 4.57 Å². The molecule has 14 heavy (non-hydrogen) atoms. The number of nitrogens with one attached hydrogen (secondary N) is 1. The Morgan fingerprint density at radius 3 is 2.64 bits per heavy atom. The van der Waals surface area contributed by atoms with Gasteiger partial charge in [-0.25, -0.2) is 0 Å². The molecule has 0 radical (unpaired) electrons. The minimum Gasteiger partial charge on any atom is -0.464 e. The van der Waals surface area contributed by atoms with Crippen molar-refractivity contribution in [2.45, 2.75) is 33.4 Å². The lowest BCUT2D eigenvalue weighted by Gasteiger charge is -2.12. The molecule has 0 saturated carbocycles. The lowest BCUT2D eigenvalue weighted by atomic mass is 10.4. The van der Waals surface area contributed by atoms with Gasteiger partial charge < -0.3 is 10.1 Å². The van der Waals surface area contributed by atoms with Crippen molar-refractivity contribution >= 4 is 0 Å². The van der Waals surface area contributed by atoms with Crippen molar-refractivity contribution in [1.29, 1.82) is 0 Å². The molecule has 0 fully saturated rings. The van der Waals surface area contributed by atoms with Crippen LogP contribution in [0.2, 0.25) is 0 Å². The van der Waals surface area contributed by atoms with E-state index in [1.807, 2.05) is 18.5 Å². The Hall–Kier alpha value is -1.10. The van der Waals surface area contributed by atoms with E-state index < -0.39 is 0 Å². The molecule has 1 aromatic rings. The van der Waals surface area contributed by atoms with Gasteiger partial charge in [0.2, 0.25) is 0 Å². The van der Waals surface area contributed by atoms with Crippen LogP contribution in [0.15, 0.2) is 0 Å². The molecule has 1 aromatic heterocycles. The second-order valence-corrected chi connectivity index (χ2v) is 3.33. The van der Waals surface area contributed by atoms with Crippen LogP contribution >= 0.6 is 0 Å². The Balaban J connectivity index is 2.94. The summed E-state index contributed by atoms with van der Waals surface area (Å²) in [5.74, 6) is 0.908. The second-order valence-electron chi connectivity index (χ2n) is 3.33. The van der Waals surface area contributed by atoms with Gasteiger partial charge in [0, 0.05) is 6.04 Å². The summed E-state index contributed by atoms with van der Waals surface area (Å²) in [7, 11) is 1.89. The first-order chi connectivity index (χ1) is 6.70. The monoisotopic (exact) mass is 198 g/mol. The van der Waals surface area contributed by atoms with Crippen molar-refractivity contribution in [3.05, 3.63) is 5.82 Å². The maximum atomic E-state index is 5.39. The molecule has 0 atom stereocenters. The number of hydrogen-bond acceptors (Lipinski definition) is 4. The fourth-order valence-electron chi connectivity index (χ4n) is 1.33. The molecule has 1 heterocycles. The summed E-state index contributed by atoms with van der Waals surface area (Å²) in [4.78, 5) is 0. The zero-order valence-corrected chi connectivity index (χ0v) is 9.24. The molecule has 0 bridgehead atoms. The molecule has 0 amide bonds. The van der Waals surface area contributed by atoms with Crippen molar-refractivity contribution < 1.29 is 4.74 Å². The SMILES string of the molecule is CCOc1nnc(CNC)n1C(C)C. The summed E-state index contributed by atoms with van der Waals surface area (Å²) in [5, 5.41) is 11.1. The molecule has 0 spiro atoms. The fourth-order valence-corrected chi connectivity index (χ4v) is 1.33.